The molecule has 1 atom stereocenters. The van der Waals surface area contributed by atoms with E-state index < -0.39 is 29.4 Å². The van der Waals surface area contributed by atoms with Gasteiger partial charge >= 0.3 is 13.2 Å². The van der Waals surface area contributed by atoms with Gasteiger partial charge in [-0.3, -0.25) is 9.32 Å². The monoisotopic (exact) mass is 512 g/mol. The zero-order valence-electron chi connectivity index (χ0n) is 19.9. The van der Waals surface area contributed by atoms with E-state index in [1.165, 1.54) is 17.0 Å². The number of hydrogen-bond acceptors (Lipinski definition) is 6. The minimum Gasteiger partial charge on any atom is -0.457 e. The molecule has 11 heteroatoms. The number of carbonyl (C=O) groups is 1. The fourth-order valence-corrected chi connectivity index (χ4v) is 5.47. The van der Waals surface area contributed by atoms with Crippen LogP contribution in [-0.2, 0) is 19.1 Å². The van der Waals surface area contributed by atoms with Gasteiger partial charge in [-0.05, 0) is 76.9 Å². The molecule has 9 nitrogen and oxygen atoms in total. The molecule has 2 rings (SSSR count). The number of hydrogen-bond donors (Lipinski definition) is 2. The summed E-state index contributed by atoms with van der Waals surface area (Å²) in [7, 11) is -8.14. The third-order valence-electron chi connectivity index (χ3n) is 4.70. The highest BCUT2D eigenvalue weighted by atomic mass is 32.2. The summed E-state index contributed by atoms with van der Waals surface area (Å²) in [4.78, 5) is 23.8. The summed E-state index contributed by atoms with van der Waals surface area (Å²) in [6, 6.07) is 15.0. The summed E-state index contributed by atoms with van der Waals surface area (Å²) in [5.74, 6) is 1.17. The summed E-state index contributed by atoms with van der Waals surface area (Å²) < 4.78 is 50.4. The van der Waals surface area contributed by atoms with Crippen molar-refractivity contribution in [1.82, 2.24) is 9.62 Å². The van der Waals surface area contributed by atoms with E-state index in [1.807, 2.05) is 18.2 Å². The Labute approximate surface area is 201 Å². The van der Waals surface area contributed by atoms with Crippen molar-refractivity contribution in [2.24, 2.45) is 0 Å². The van der Waals surface area contributed by atoms with Gasteiger partial charge in [0.1, 0.15) is 11.5 Å². The summed E-state index contributed by atoms with van der Waals surface area (Å²) in [6.07, 6.45) is 0.311. The number of amides is 1. The van der Waals surface area contributed by atoms with Crippen molar-refractivity contribution in [2.45, 2.75) is 57.6 Å². The Kier molecular flexibility index (Phi) is 10.3. The van der Waals surface area contributed by atoms with Gasteiger partial charge in [0, 0.05) is 19.1 Å². The minimum absolute atomic E-state index is 0.110. The number of nitrogens with zero attached hydrogens (tertiary/aromatic N) is 1. The average Bonchev–Trinajstić information content (AvgIpc) is 2.75. The molecular weight excluding hydrogens is 479 g/mol. The Morgan fingerprint density at radius 3 is 2.15 bits per heavy atom. The Balaban J connectivity index is 1.85. The van der Waals surface area contributed by atoms with E-state index in [2.05, 4.69) is 4.72 Å². The van der Waals surface area contributed by atoms with E-state index in [9.17, 15) is 22.7 Å². The van der Waals surface area contributed by atoms with E-state index in [0.29, 0.717) is 24.3 Å². The molecule has 0 aliphatic carbocycles. The lowest BCUT2D eigenvalue weighted by atomic mass is 10.2. The van der Waals surface area contributed by atoms with Gasteiger partial charge in [-0.2, -0.15) is 0 Å². The highest BCUT2D eigenvalue weighted by Gasteiger charge is 2.37. The van der Waals surface area contributed by atoms with Crippen LogP contribution < -0.4 is 9.46 Å². The molecule has 2 N–H and O–H groups in total. The van der Waals surface area contributed by atoms with Crippen molar-refractivity contribution in [3.63, 3.8) is 0 Å². The fourth-order valence-electron chi connectivity index (χ4n) is 3.08. The maximum atomic E-state index is 12.5. The van der Waals surface area contributed by atoms with Gasteiger partial charge in [-0.25, -0.2) is 17.7 Å². The number of unbranched alkanes of at least 4 members (excludes halogenated alkanes) is 1. The van der Waals surface area contributed by atoms with Crippen molar-refractivity contribution in [3.05, 3.63) is 54.6 Å². The van der Waals surface area contributed by atoms with Gasteiger partial charge in [-0.1, -0.05) is 18.2 Å². The molecule has 0 aliphatic heterocycles. The van der Waals surface area contributed by atoms with E-state index in [0.717, 1.165) is 0 Å². The number of benzene rings is 2. The lowest BCUT2D eigenvalue weighted by Crippen LogP contribution is -2.37. The molecule has 2 aromatic carbocycles. The average molecular weight is 513 g/mol. The first-order valence-electron chi connectivity index (χ1n) is 11.1. The Bertz CT molecular complexity index is 1070. The van der Waals surface area contributed by atoms with Crippen molar-refractivity contribution in [3.8, 4) is 11.5 Å². The molecule has 0 saturated heterocycles. The van der Waals surface area contributed by atoms with Crippen molar-refractivity contribution < 1.29 is 31.9 Å². The molecule has 0 aromatic heterocycles. The van der Waals surface area contributed by atoms with Crippen LogP contribution in [0, 0.1) is 0 Å². The molecule has 0 spiro atoms. The van der Waals surface area contributed by atoms with Gasteiger partial charge < -0.3 is 14.5 Å². The molecule has 0 bridgehead atoms. The predicted molar refractivity (Wildman–Crippen MR) is 131 cm³/mol. The number of rotatable bonds is 13. The number of nitrogens with one attached hydrogen (secondary N) is 1. The maximum Gasteiger partial charge on any atom is 0.416 e. The molecule has 0 saturated carbocycles. The van der Waals surface area contributed by atoms with Crippen molar-refractivity contribution in [1.29, 1.82) is 0 Å². The zero-order valence-corrected chi connectivity index (χ0v) is 21.6. The second-order valence-corrected chi connectivity index (χ2v) is 11.6. The zero-order chi connectivity index (χ0) is 25.4. The quantitative estimate of drug-likeness (QED) is 0.287. The number of para-hydroxylation sites is 1. The van der Waals surface area contributed by atoms with Crippen LogP contribution in [-0.4, -0.2) is 49.1 Å². The van der Waals surface area contributed by atoms with Gasteiger partial charge in [0.15, 0.2) is 0 Å². The Morgan fingerprint density at radius 1 is 1.00 bits per heavy atom. The molecule has 1 amide bonds. The van der Waals surface area contributed by atoms with Gasteiger partial charge in [0.25, 0.3) is 0 Å². The van der Waals surface area contributed by atoms with Crippen LogP contribution in [0.5, 0.6) is 11.5 Å². The van der Waals surface area contributed by atoms with Crippen molar-refractivity contribution >= 4 is 23.3 Å². The second-order valence-electron chi connectivity index (χ2n) is 8.24. The van der Waals surface area contributed by atoms with E-state index in [1.54, 1.807) is 52.0 Å². The summed E-state index contributed by atoms with van der Waals surface area (Å²) in [5.41, 5.74) is -0.949. The Morgan fingerprint density at radius 2 is 1.59 bits per heavy atom. The lowest BCUT2D eigenvalue weighted by Gasteiger charge is -2.28. The first-order valence-corrected chi connectivity index (χ1v) is 14.1. The predicted octanol–water partition coefficient (Wildman–Crippen LogP) is 4.98. The van der Waals surface area contributed by atoms with Crippen LogP contribution in [0.25, 0.3) is 0 Å². The maximum absolute atomic E-state index is 12.5. The summed E-state index contributed by atoms with van der Waals surface area (Å²) >= 11 is 0. The number of ether oxygens (including phenoxy) is 1. The largest absolute Gasteiger partial charge is 0.457 e. The smallest absolute Gasteiger partial charge is 0.416 e. The number of sulfonamides is 1. The van der Waals surface area contributed by atoms with E-state index >= 15 is 0 Å². The molecule has 34 heavy (non-hydrogen) atoms. The highest BCUT2D eigenvalue weighted by molar-refractivity contribution is 7.89. The first-order chi connectivity index (χ1) is 15.9. The molecule has 1 unspecified atom stereocenters. The Hall–Kier alpha value is -2.23. The van der Waals surface area contributed by atoms with Gasteiger partial charge in [0.2, 0.25) is 10.0 Å². The molecule has 0 fully saturated rings. The molecular formula is C23H33N2O7PS. The van der Waals surface area contributed by atoms with Gasteiger partial charge in [0.05, 0.1) is 11.0 Å². The molecule has 0 radical (unpaired) electrons. The SMILES string of the molecule is CC(C)OP(=O)(O)C(=O)N(CCCCNS(=O)(=O)c1ccc(Oc2ccccc2)cc1)C(C)C. The van der Waals surface area contributed by atoms with Crippen molar-refractivity contribution in [2.75, 3.05) is 13.1 Å². The summed E-state index contributed by atoms with van der Waals surface area (Å²) in [5, 5.41) is 0. The minimum atomic E-state index is -4.43. The van der Waals surface area contributed by atoms with Crippen LogP contribution in [0.4, 0.5) is 4.79 Å². The highest BCUT2D eigenvalue weighted by Crippen LogP contribution is 2.46. The fraction of sp³-hybridized carbons (Fsp3) is 0.435. The number of carbonyl (C=O) groups excluding carboxylic acids is 1. The third kappa shape index (κ3) is 8.52. The van der Waals surface area contributed by atoms with Crippen LogP contribution in [0.2, 0.25) is 0 Å². The lowest BCUT2D eigenvalue weighted by molar-refractivity contribution is 0.171. The van der Waals surface area contributed by atoms with Crippen LogP contribution >= 0.6 is 7.60 Å². The van der Waals surface area contributed by atoms with Crippen LogP contribution in [0.3, 0.4) is 0 Å². The third-order valence-corrected chi connectivity index (χ3v) is 7.62. The van der Waals surface area contributed by atoms with E-state index in [4.69, 9.17) is 9.26 Å². The normalized spacial score (nSPS) is 13.6. The molecule has 0 aliphatic rings. The molecule has 0 heterocycles. The summed E-state index contributed by atoms with van der Waals surface area (Å²) in [6.45, 7) is 6.99. The topological polar surface area (TPSA) is 122 Å². The second kappa shape index (κ2) is 12.5. The van der Waals surface area contributed by atoms with Crippen LogP contribution in [0.1, 0.15) is 40.5 Å². The van der Waals surface area contributed by atoms with Gasteiger partial charge in [-0.15, -0.1) is 0 Å². The van der Waals surface area contributed by atoms with E-state index in [-0.39, 0.29) is 24.0 Å². The molecule has 188 valence electrons. The van der Waals surface area contributed by atoms with Crippen LogP contribution in [0.15, 0.2) is 59.5 Å². The first kappa shape index (κ1) is 28.0. The molecule has 2 aromatic rings. The standard InChI is InChI=1S/C23H33N2O7PS/c1-18(2)25(23(26)33(27,28)32-19(3)4)17-9-8-16-24-34(29,30)22-14-12-21(13-15-22)31-20-10-6-5-7-11-20/h5-7,10-15,18-19,24H,8-9,16-17H2,1-4H3,(H,27,28).